The third-order valence-corrected chi connectivity index (χ3v) is 2.29. The standard InChI is InChI=1S/C12H17BO4/c1-12(2,3)7-8-4-9(11(14)15)6-10(5-8)13(16)17/h4-6,16-17H,7H2,1-3H3,(H,14,15). The summed E-state index contributed by atoms with van der Waals surface area (Å²) in [6.07, 6.45) is 0.674. The summed E-state index contributed by atoms with van der Waals surface area (Å²) in [7, 11) is -1.65. The van der Waals surface area contributed by atoms with E-state index in [2.05, 4.69) is 0 Å². The van der Waals surface area contributed by atoms with Crippen LogP contribution >= 0.6 is 0 Å². The average molecular weight is 236 g/mol. The van der Waals surface area contributed by atoms with Crippen LogP contribution in [0.2, 0.25) is 0 Å². The number of carbonyl (C=O) groups is 1. The molecule has 0 aliphatic rings. The Hall–Kier alpha value is -1.33. The van der Waals surface area contributed by atoms with E-state index in [0.717, 1.165) is 5.56 Å². The van der Waals surface area contributed by atoms with Gasteiger partial charge in [0.1, 0.15) is 0 Å². The molecular formula is C12H17BO4. The number of carboxylic acid groups (broad SMARTS) is 1. The predicted octanol–water partition coefficient (Wildman–Crippen LogP) is 0.653. The number of hydrogen-bond acceptors (Lipinski definition) is 3. The fourth-order valence-electron chi connectivity index (χ4n) is 1.71. The lowest BCUT2D eigenvalue weighted by molar-refractivity contribution is 0.0696. The van der Waals surface area contributed by atoms with Gasteiger partial charge in [0.2, 0.25) is 0 Å². The maximum Gasteiger partial charge on any atom is 0.488 e. The van der Waals surface area contributed by atoms with Gasteiger partial charge in [-0.1, -0.05) is 26.8 Å². The van der Waals surface area contributed by atoms with Crippen molar-refractivity contribution < 1.29 is 19.9 Å². The van der Waals surface area contributed by atoms with E-state index in [-0.39, 0.29) is 16.4 Å². The molecule has 4 nitrogen and oxygen atoms in total. The second-order valence-electron chi connectivity index (χ2n) is 5.38. The topological polar surface area (TPSA) is 77.8 Å². The molecule has 0 spiro atoms. The molecule has 1 aromatic carbocycles. The van der Waals surface area contributed by atoms with E-state index in [1.807, 2.05) is 20.8 Å². The summed E-state index contributed by atoms with van der Waals surface area (Å²) in [6.45, 7) is 6.11. The van der Waals surface area contributed by atoms with Crippen LogP contribution in [0.15, 0.2) is 18.2 Å². The van der Waals surface area contributed by atoms with Crippen molar-refractivity contribution in [2.45, 2.75) is 27.2 Å². The number of hydrogen-bond donors (Lipinski definition) is 3. The van der Waals surface area contributed by atoms with E-state index < -0.39 is 13.1 Å². The molecule has 1 rings (SSSR count). The molecular weight excluding hydrogens is 219 g/mol. The molecule has 0 atom stereocenters. The Kier molecular flexibility index (Phi) is 3.96. The fraction of sp³-hybridized carbons (Fsp3) is 0.417. The Bertz CT molecular complexity index is 421. The van der Waals surface area contributed by atoms with Crippen molar-refractivity contribution in [2.75, 3.05) is 0 Å². The van der Waals surface area contributed by atoms with Gasteiger partial charge in [0.05, 0.1) is 5.56 Å². The fourth-order valence-corrected chi connectivity index (χ4v) is 1.71. The maximum atomic E-state index is 10.9. The largest absolute Gasteiger partial charge is 0.488 e. The predicted molar refractivity (Wildman–Crippen MR) is 66.4 cm³/mol. The minimum absolute atomic E-state index is 0.00873. The summed E-state index contributed by atoms with van der Waals surface area (Å²) in [5.41, 5.74) is 1.09. The van der Waals surface area contributed by atoms with E-state index >= 15 is 0 Å². The molecule has 0 aliphatic carbocycles. The summed E-state index contributed by atoms with van der Waals surface area (Å²) in [5, 5.41) is 27.2. The van der Waals surface area contributed by atoms with Crippen molar-refractivity contribution in [1.82, 2.24) is 0 Å². The lowest BCUT2D eigenvalue weighted by atomic mass is 9.77. The quantitative estimate of drug-likeness (QED) is 0.673. The van der Waals surface area contributed by atoms with Crippen LogP contribution in [0.25, 0.3) is 0 Å². The molecule has 0 aliphatic heterocycles. The Labute approximate surface area is 101 Å². The van der Waals surface area contributed by atoms with Crippen LogP contribution in [0.3, 0.4) is 0 Å². The number of carboxylic acids is 1. The highest BCUT2D eigenvalue weighted by molar-refractivity contribution is 6.58. The third kappa shape index (κ3) is 4.21. The molecule has 0 heterocycles. The molecule has 0 fully saturated rings. The SMILES string of the molecule is CC(C)(C)Cc1cc(B(O)O)cc(C(=O)O)c1. The highest BCUT2D eigenvalue weighted by Crippen LogP contribution is 2.20. The van der Waals surface area contributed by atoms with Crippen LogP contribution in [0.1, 0.15) is 36.7 Å². The van der Waals surface area contributed by atoms with Gasteiger partial charge in [-0.25, -0.2) is 4.79 Å². The normalized spacial score (nSPS) is 11.4. The summed E-state index contributed by atoms with van der Waals surface area (Å²) in [6, 6.07) is 4.47. The maximum absolute atomic E-state index is 10.9. The van der Waals surface area contributed by atoms with Gasteiger partial charge in [0, 0.05) is 0 Å². The molecule has 0 aromatic heterocycles. The van der Waals surface area contributed by atoms with Gasteiger partial charge in [-0.15, -0.1) is 0 Å². The second kappa shape index (κ2) is 4.90. The van der Waals surface area contributed by atoms with Crippen molar-refractivity contribution in [3.63, 3.8) is 0 Å². The van der Waals surface area contributed by atoms with Gasteiger partial charge in [-0.2, -0.15) is 0 Å². The van der Waals surface area contributed by atoms with Crippen LogP contribution in [0.5, 0.6) is 0 Å². The Morgan fingerprint density at radius 3 is 2.24 bits per heavy atom. The van der Waals surface area contributed by atoms with E-state index in [4.69, 9.17) is 15.2 Å². The van der Waals surface area contributed by atoms with Gasteiger partial charge in [-0.05, 0) is 35.0 Å². The van der Waals surface area contributed by atoms with Gasteiger partial charge in [0.15, 0.2) is 0 Å². The molecule has 17 heavy (non-hydrogen) atoms. The highest BCUT2D eigenvalue weighted by Gasteiger charge is 2.18. The van der Waals surface area contributed by atoms with Crippen LogP contribution in [0, 0.1) is 5.41 Å². The molecule has 3 N–H and O–H groups in total. The monoisotopic (exact) mass is 236 g/mol. The Balaban J connectivity index is 3.17. The van der Waals surface area contributed by atoms with Gasteiger partial charge < -0.3 is 15.2 Å². The van der Waals surface area contributed by atoms with Crippen LogP contribution in [0.4, 0.5) is 0 Å². The average Bonchev–Trinajstić information content (AvgIpc) is 2.14. The van der Waals surface area contributed by atoms with Crippen LogP contribution in [-0.4, -0.2) is 28.2 Å². The van der Waals surface area contributed by atoms with Crippen molar-refractivity contribution in [1.29, 1.82) is 0 Å². The molecule has 92 valence electrons. The number of aromatic carboxylic acids is 1. The first kappa shape index (κ1) is 13.7. The second-order valence-corrected chi connectivity index (χ2v) is 5.38. The zero-order valence-electron chi connectivity index (χ0n) is 10.3. The Morgan fingerprint density at radius 1 is 1.24 bits per heavy atom. The Morgan fingerprint density at radius 2 is 1.82 bits per heavy atom. The van der Waals surface area contributed by atoms with E-state index in [0.29, 0.717) is 6.42 Å². The molecule has 5 heteroatoms. The third-order valence-electron chi connectivity index (χ3n) is 2.29. The minimum atomic E-state index is -1.65. The number of benzene rings is 1. The molecule has 0 bridgehead atoms. The van der Waals surface area contributed by atoms with E-state index in [1.165, 1.54) is 6.07 Å². The lowest BCUT2D eigenvalue weighted by Gasteiger charge is -2.19. The smallest absolute Gasteiger partial charge is 0.478 e. The van der Waals surface area contributed by atoms with Crippen LogP contribution < -0.4 is 5.46 Å². The lowest BCUT2D eigenvalue weighted by Crippen LogP contribution is -2.31. The first-order chi connectivity index (χ1) is 7.69. The van der Waals surface area contributed by atoms with E-state index in [9.17, 15) is 4.79 Å². The zero-order valence-corrected chi connectivity index (χ0v) is 10.3. The molecule has 0 amide bonds. The van der Waals surface area contributed by atoms with Crippen molar-refractivity contribution in [3.05, 3.63) is 29.3 Å². The van der Waals surface area contributed by atoms with Gasteiger partial charge in [-0.3, -0.25) is 0 Å². The first-order valence-electron chi connectivity index (χ1n) is 5.42. The van der Waals surface area contributed by atoms with Crippen molar-refractivity contribution in [3.8, 4) is 0 Å². The molecule has 0 saturated heterocycles. The molecule has 0 unspecified atom stereocenters. The molecule has 0 saturated carbocycles. The summed E-state index contributed by atoms with van der Waals surface area (Å²) in [5.74, 6) is -1.07. The van der Waals surface area contributed by atoms with Gasteiger partial charge in [0.25, 0.3) is 0 Å². The summed E-state index contributed by atoms with van der Waals surface area (Å²) in [4.78, 5) is 10.9. The van der Waals surface area contributed by atoms with Crippen LogP contribution in [-0.2, 0) is 6.42 Å². The molecule has 0 radical (unpaired) electrons. The van der Waals surface area contributed by atoms with Crippen molar-refractivity contribution >= 4 is 18.6 Å². The van der Waals surface area contributed by atoms with E-state index in [1.54, 1.807) is 12.1 Å². The number of rotatable bonds is 3. The van der Waals surface area contributed by atoms with Crippen molar-refractivity contribution in [2.24, 2.45) is 5.41 Å². The summed E-state index contributed by atoms with van der Waals surface area (Å²) < 4.78 is 0. The minimum Gasteiger partial charge on any atom is -0.478 e. The highest BCUT2D eigenvalue weighted by atomic mass is 16.4. The first-order valence-corrected chi connectivity index (χ1v) is 5.42. The molecule has 1 aromatic rings. The summed E-state index contributed by atoms with van der Waals surface area (Å²) >= 11 is 0. The van der Waals surface area contributed by atoms with Gasteiger partial charge >= 0.3 is 13.1 Å². The zero-order chi connectivity index (χ0) is 13.2.